The maximum atomic E-state index is 5.46. The first-order valence-corrected chi connectivity index (χ1v) is 4.11. The normalized spacial score (nSPS) is 9.80. The summed E-state index contributed by atoms with van der Waals surface area (Å²) in [6.45, 7) is 1.27. The van der Waals surface area contributed by atoms with E-state index in [1.165, 1.54) is 18.8 Å². The van der Waals surface area contributed by atoms with E-state index in [4.69, 9.17) is 11.5 Å². The lowest BCUT2D eigenvalue weighted by Crippen LogP contribution is -1.96. The second kappa shape index (κ2) is 3.67. The van der Waals surface area contributed by atoms with Gasteiger partial charge in [-0.3, -0.25) is 0 Å². The Hall–Kier alpha value is -0.430. The van der Waals surface area contributed by atoms with Crippen LogP contribution in [0.25, 0.3) is 0 Å². The molecule has 0 fully saturated rings. The Morgan fingerprint density at radius 1 is 1.10 bits per heavy atom. The molecule has 0 aliphatic carbocycles. The van der Waals surface area contributed by atoms with E-state index in [1.54, 1.807) is 0 Å². The van der Waals surface area contributed by atoms with Crippen molar-refractivity contribution in [2.75, 3.05) is 0 Å². The summed E-state index contributed by atoms with van der Waals surface area (Å²) in [7, 11) is 1.20. The highest BCUT2D eigenvalue weighted by atomic mass is 31.0. The molecule has 1 aromatic heterocycles. The summed E-state index contributed by atoms with van der Waals surface area (Å²) in [6.07, 6.45) is 0. The fourth-order valence-electron chi connectivity index (χ4n) is 0.757. The molecule has 0 spiro atoms. The third kappa shape index (κ3) is 1.77. The fourth-order valence-corrected chi connectivity index (χ4v) is 1.63. The predicted octanol–water partition coefficient (Wildman–Crippen LogP) is 1.18. The third-order valence-corrected chi connectivity index (χ3v) is 2.52. The molecule has 1 rings (SSSR count). The van der Waals surface area contributed by atoms with Crippen molar-refractivity contribution in [2.24, 2.45) is 11.5 Å². The number of nitrogens with two attached hydrogens (primary N) is 2. The smallest absolute Gasteiger partial charge is 0.0222 e. The Labute approximate surface area is 62.3 Å². The van der Waals surface area contributed by atoms with Gasteiger partial charge in [0.25, 0.3) is 0 Å². The van der Waals surface area contributed by atoms with Crippen molar-refractivity contribution in [3.05, 3.63) is 28.8 Å². The second-order valence-corrected chi connectivity index (χ2v) is 3.40. The van der Waals surface area contributed by atoms with E-state index < -0.39 is 0 Å². The van der Waals surface area contributed by atoms with E-state index in [0.29, 0.717) is 13.1 Å². The molecular weight excluding hydrogens is 143 g/mol. The molecule has 10 heavy (non-hydrogen) atoms. The maximum Gasteiger partial charge on any atom is 0.0222 e. The van der Waals surface area contributed by atoms with Crippen molar-refractivity contribution >= 4 is 8.19 Å². The van der Waals surface area contributed by atoms with Crippen LogP contribution in [0, 0.1) is 0 Å². The lowest BCUT2D eigenvalue weighted by molar-refractivity contribution is 1.08. The Kier molecular flexibility index (Phi) is 2.82. The molecule has 0 atom stereocenters. The average Bonchev–Trinajstić information content (AvgIpc) is 2.05. The van der Waals surface area contributed by atoms with Gasteiger partial charge in [-0.15, -0.1) is 0 Å². The molecule has 0 radical (unpaired) electrons. The van der Waals surface area contributed by atoms with E-state index in [9.17, 15) is 0 Å². The van der Waals surface area contributed by atoms with Crippen LogP contribution >= 0.6 is 8.19 Å². The van der Waals surface area contributed by atoms with E-state index in [0.717, 1.165) is 0 Å². The molecule has 0 aromatic carbocycles. The molecule has 1 heterocycles. The van der Waals surface area contributed by atoms with Gasteiger partial charge in [0.15, 0.2) is 0 Å². The first-order chi connectivity index (χ1) is 4.86. The fraction of sp³-hybridized carbons (Fsp3) is 0.286. The van der Waals surface area contributed by atoms with Gasteiger partial charge in [-0.25, -0.2) is 0 Å². The standard InChI is InChI=1S/C7H11N2P/c8-4-6-2-1-3-7(5-9)10-6/h1-3H,4-5,8-9H2. The summed E-state index contributed by atoms with van der Waals surface area (Å²) in [5, 5.41) is 2.48. The number of hydrogen-bond donors (Lipinski definition) is 2. The molecule has 0 saturated carbocycles. The van der Waals surface area contributed by atoms with Crippen LogP contribution in [0.2, 0.25) is 0 Å². The molecule has 2 nitrogen and oxygen atoms in total. The van der Waals surface area contributed by atoms with Crippen molar-refractivity contribution in [1.82, 2.24) is 0 Å². The van der Waals surface area contributed by atoms with E-state index in [2.05, 4.69) is 0 Å². The predicted molar refractivity (Wildman–Crippen MR) is 44.7 cm³/mol. The minimum absolute atomic E-state index is 0.634. The molecule has 0 saturated heterocycles. The van der Waals surface area contributed by atoms with E-state index in [-0.39, 0.29) is 0 Å². The van der Waals surface area contributed by atoms with Gasteiger partial charge in [0.1, 0.15) is 0 Å². The van der Waals surface area contributed by atoms with Crippen molar-refractivity contribution in [3.8, 4) is 0 Å². The molecule has 0 bridgehead atoms. The van der Waals surface area contributed by atoms with Crippen LogP contribution < -0.4 is 11.5 Å². The van der Waals surface area contributed by atoms with Crippen molar-refractivity contribution < 1.29 is 0 Å². The van der Waals surface area contributed by atoms with Crippen LogP contribution in [-0.4, -0.2) is 0 Å². The third-order valence-electron chi connectivity index (χ3n) is 1.28. The second-order valence-electron chi connectivity index (χ2n) is 2.03. The van der Waals surface area contributed by atoms with Crippen LogP contribution in [0.1, 0.15) is 10.6 Å². The molecule has 0 aliphatic heterocycles. The average molecular weight is 154 g/mol. The topological polar surface area (TPSA) is 52.0 Å². The highest BCUT2D eigenvalue weighted by Crippen LogP contribution is 2.18. The zero-order chi connectivity index (χ0) is 7.40. The van der Waals surface area contributed by atoms with Crippen molar-refractivity contribution in [2.45, 2.75) is 13.1 Å². The highest BCUT2D eigenvalue weighted by Gasteiger charge is 1.90. The van der Waals surface area contributed by atoms with Crippen LogP contribution in [-0.2, 0) is 13.1 Å². The summed E-state index contributed by atoms with van der Waals surface area (Å²) >= 11 is 0. The maximum absolute atomic E-state index is 5.46. The Morgan fingerprint density at radius 2 is 1.60 bits per heavy atom. The van der Waals surface area contributed by atoms with Crippen molar-refractivity contribution in [3.63, 3.8) is 0 Å². The lowest BCUT2D eigenvalue weighted by atomic mass is 10.4. The van der Waals surface area contributed by atoms with Gasteiger partial charge in [0, 0.05) is 13.1 Å². The van der Waals surface area contributed by atoms with Crippen LogP contribution in [0.3, 0.4) is 0 Å². The van der Waals surface area contributed by atoms with Gasteiger partial charge in [-0.1, -0.05) is 26.4 Å². The summed E-state index contributed by atoms with van der Waals surface area (Å²) in [4.78, 5) is 0. The first kappa shape index (κ1) is 7.67. The summed E-state index contributed by atoms with van der Waals surface area (Å²) < 4.78 is 0. The van der Waals surface area contributed by atoms with Gasteiger partial charge >= 0.3 is 0 Å². The zero-order valence-corrected chi connectivity index (χ0v) is 6.64. The Balaban J connectivity index is 2.87. The first-order valence-electron chi connectivity index (χ1n) is 3.21. The zero-order valence-electron chi connectivity index (χ0n) is 5.75. The van der Waals surface area contributed by atoms with Gasteiger partial charge in [0.2, 0.25) is 0 Å². The van der Waals surface area contributed by atoms with Crippen LogP contribution in [0.5, 0.6) is 0 Å². The SMILES string of the molecule is NCc1cccc(CN)p1. The van der Waals surface area contributed by atoms with E-state index in [1.807, 2.05) is 18.2 Å². The summed E-state index contributed by atoms with van der Waals surface area (Å²) in [5.41, 5.74) is 10.9. The van der Waals surface area contributed by atoms with Crippen LogP contribution in [0.4, 0.5) is 0 Å². The molecule has 0 unspecified atom stereocenters. The summed E-state index contributed by atoms with van der Waals surface area (Å²) in [5.74, 6) is 0. The molecule has 4 N–H and O–H groups in total. The van der Waals surface area contributed by atoms with Gasteiger partial charge in [0.05, 0.1) is 0 Å². The van der Waals surface area contributed by atoms with E-state index >= 15 is 0 Å². The lowest BCUT2D eigenvalue weighted by Gasteiger charge is -1.97. The molecule has 0 amide bonds. The highest BCUT2D eigenvalue weighted by molar-refractivity contribution is 7.31. The molecule has 1 aromatic rings. The Morgan fingerprint density at radius 3 is 2.00 bits per heavy atom. The molecular formula is C7H11N2P. The largest absolute Gasteiger partial charge is 0.326 e. The van der Waals surface area contributed by atoms with Gasteiger partial charge in [-0.2, -0.15) is 0 Å². The summed E-state index contributed by atoms with van der Waals surface area (Å²) in [6, 6.07) is 6.09. The Bertz CT molecular complexity index is 193. The number of rotatable bonds is 2. The quantitative estimate of drug-likeness (QED) is 0.672. The number of hydrogen-bond acceptors (Lipinski definition) is 2. The molecule has 0 aliphatic rings. The minimum Gasteiger partial charge on any atom is -0.326 e. The monoisotopic (exact) mass is 154 g/mol. The molecule has 3 heteroatoms. The van der Waals surface area contributed by atoms with Gasteiger partial charge < -0.3 is 11.5 Å². The molecule has 54 valence electrons. The van der Waals surface area contributed by atoms with Crippen molar-refractivity contribution in [1.29, 1.82) is 0 Å². The minimum atomic E-state index is 0.634. The van der Waals surface area contributed by atoms with Gasteiger partial charge in [-0.05, 0) is 10.6 Å². The van der Waals surface area contributed by atoms with Crippen LogP contribution in [0.15, 0.2) is 18.2 Å².